The second-order valence-electron chi connectivity index (χ2n) is 3.96. The van der Waals surface area contributed by atoms with Crippen molar-refractivity contribution in [1.82, 2.24) is 5.32 Å². The van der Waals surface area contributed by atoms with Gasteiger partial charge in [0.1, 0.15) is 15.6 Å². The highest BCUT2D eigenvalue weighted by molar-refractivity contribution is 7.90. The van der Waals surface area contributed by atoms with E-state index in [9.17, 15) is 13.2 Å². The molecule has 114 valence electrons. The molecule has 0 saturated carbocycles. The third kappa shape index (κ3) is 5.44. The standard InChI is InChI=1S/C11H15ClN2O4S.ClH/c1-18-10-6-9(13)8(12)5-7(10)11(15)14-3-4-19(2,16)17;/h5-6H,3-4,13H2,1-2H3,(H,14,15);1H. The summed E-state index contributed by atoms with van der Waals surface area (Å²) in [6.45, 7) is 0.0167. The normalized spacial score (nSPS) is 10.6. The number of ether oxygens (including phenoxy) is 1. The summed E-state index contributed by atoms with van der Waals surface area (Å²) in [5, 5.41) is 2.71. The van der Waals surface area contributed by atoms with E-state index in [-0.39, 0.29) is 41.0 Å². The maximum atomic E-state index is 11.9. The maximum absolute atomic E-state index is 11.9. The lowest BCUT2D eigenvalue weighted by Gasteiger charge is -2.11. The van der Waals surface area contributed by atoms with Crippen molar-refractivity contribution in [2.75, 3.05) is 31.4 Å². The smallest absolute Gasteiger partial charge is 0.255 e. The Bertz CT molecular complexity index is 590. The molecule has 0 heterocycles. The highest BCUT2D eigenvalue weighted by Crippen LogP contribution is 2.28. The average molecular weight is 343 g/mol. The van der Waals surface area contributed by atoms with Crippen LogP contribution in [0.3, 0.4) is 0 Å². The van der Waals surface area contributed by atoms with Gasteiger partial charge in [0.15, 0.2) is 0 Å². The van der Waals surface area contributed by atoms with Gasteiger partial charge in [0.2, 0.25) is 0 Å². The molecule has 0 saturated heterocycles. The first kappa shape index (κ1) is 18.8. The minimum absolute atomic E-state index is 0. The largest absolute Gasteiger partial charge is 0.496 e. The van der Waals surface area contributed by atoms with Gasteiger partial charge in [-0.05, 0) is 6.07 Å². The monoisotopic (exact) mass is 342 g/mol. The SMILES string of the molecule is COc1cc(N)c(Cl)cc1C(=O)NCCS(C)(=O)=O.Cl. The molecule has 0 radical (unpaired) electrons. The number of methoxy groups -OCH3 is 1. The van der Waals surface area contributed by atoms with E-state index in [1.807, 2.05) is 0 Å². The summed E-state index contributed by atoms with van der Waals surface area (Å²) in [5.74, 6) is -0.329. The van der Waals surface area contributed by atoms with Crippen LogP contribution in [0.1, 0.15) is 10.4 Å². The topological polar surface area (TPSA) is 98.5 Å². The summed E-state index contributed by atoms with van der Waals surface area (Å²) in [6.07, 6.45) is 1.10. The van der Waals surface area contributed by atoms with Crippen molar-refractivity contribution in [3.8, 4) is 5.75 Å². The molecule has 1 aromatic carbocycles. The Morgan fingerprint density at radius 3 is 2.55 bits per heavy atom. The number of nitrogen functional groups attached to an aromatic ring is 1. The average Bonchev–Trinajstić information content (AvgIpc) is 2.30. The Morgan fingerprint density at radius 2 is 2.05 bits per heavy atom. The highest BCUT2D eigenvalue weighted by atomic mass is 35.5. The Balaban J connectivity index is 0.00000361. The van der Waals surface area contributed by atoms with Crippen LogP contribution in [-0.2, 0) is 9.84 Å². The molecule has 0 spiro atoms. The molecule has 0 fully saturated rings. The first-order chi connectivity index (χ1) is 8.74. The molecule has 0 aliphatic heterocycles. The predicted molar refractivity (Wildman–Crippen MR) is 81.7 cm³/mol. The quantitative estimate of drug-likeness (QED) is 0.781. The van der Waals surface area contributed by atoms with Crippen LogP contribution in [0.5, 0.6) is 5.75 Å². The lowest BCUT2D eigenvalue weighted by Crippen LogP contribution is -2.29. The van der Waals surface area contributed by atoms with Crippen LogP contribution in [0, 0.1) is 0 Å². The molecule has 3 N–H and O–H groups in total. The van der Waals surface area contributed by atoms with Gasteiger partial charge in [-0.2, -0.15) is 0 Å². The number of hydrogen-bond acceptors (Lipinski definition) is 5. The van der Waals surface area contributed by atoms with Crippen molar-refractivity contribution in [1.29, 1.82) is 0 Å². The zero-order chi connectivity index (χ0) is 14.6. The lowest BCUT2D eigenvalue weighted by molar-refractivity contribution is 0.0953. The first-order valence-corrected chi connectivity index (χ1v) is 7.77. The molecule has 9 heteroatoms. The third-order valence-electron chi connectivity index (χ3n) is 2.32. The van der Waals surface area contributed by atoms with Crippen LogP contribution >= 0.6 is 24.0 Å². The molecule has 6 nitrogen and oxygen atoms in total. The van der Waals surface area contributed by atoms with E-state index in [0.29, 0.717) is 5.69 Å². The third-order valence-corrected chi connectivity index (χ3v) is 3.59. The van der Waals surface area contributed by atoms with Crippen molar-refractivity contribution in [2.24, 2.45) is 0 Å². The fourth-order valence-electron chi connectivity index (χ4n) is 1.36. The number of sulfone groups is 1. The Hall–Kier alpha value is -1.18. The van der Waals surface area contributed by atoms with E-state index >= 15 is 0 Å². The van der Waals surface area contributed by atoms with Gasteiger partial charge in [-0.15, -0.1) is 12.4 Å². The second-order valence-corrected chi connectivity index (χ2v) is 6.63. The van der Waals surface area contributed by atoms with Crippen LogP contribution in [0.25, 0.3) is 0 Å². The van der Waals surface area contributed by atoms with Gasteiger partial charge in [0, 0.05) is 18.9 Å². The van der Waals surface area contributed by atoms with E-state index in [1.165, 1.54) is 19.2 Å². The summed E-state index contributed by atoms with van der Waals surface area (Å²) in [4.78, 5) is 11.9. The van der Waals surface area contributed by atoms with E-state index in [4.69, 9.17) is 22.1 Å². The van der Waals surface area contributed by atoms with Gasteiger partial charge in [0.05, 0.1) is 29.1 Å². The van der Waals surface area contributed by atoms with Crippen LogP contribution in [0.15, 0.2) is 12.1 Å². The van der Waals surface area contributed by atoms with E-state index < -0.39 is 15.7 Å². The van der Waals surface area contributed by atoms with E-state index in [1.54, 1.807) is 0 Å². The van der Waals surface area contributed by atoms with Crippen molar-refractivity contribution < 1.29 is 17.9 Å². The van der Waals surface area contributed by atoms with Crippen LogP contribution in [0.2, 0.25) is 5.02 Å². The van der Waals surface area contributed by atoms with Crippen molar-refractivity contribution >= 4 is 45.4 Å². The summed E-state index contributed by atoms with van der Waals surface area (Å²) >= 11 is 5.84. The van der Waals surface area contributed by atoms with Crippen molar-refractivity contribution in [3.63, 3.8) is 0 Å². The van der Waals surface area contributed by atoms with Crippen LogP contribution < -0.4 is 15.8 Å². The Kier molecular flexibility index (Phi) is 7.12. The maximum Gasteiger partial charge on any atom is 0.255 e. The molecule has 1 aromatic rings. The highest BCUT2D eigenvalue weighted by Gasteiger charge is 2.15. The molecular formula is C11H16Cl2N2O4S. The predicted octanol–water partition coefficient (Wildman–Crippen LogP) is 1.13. The van der Waals surface area contributed by atoms with Gasteiger partial charge in [-0.3, -0.25) is 4.79 Å². The number of benzene rings is 1. The number of hydrogen-bond donors (Lipinski definition) is 2. The fourth-order valence-corrected chi connectivity index (χ4v) is 2.00. The zero-order valence-corrected chi connectivity index (χ0v) is 13.4. The number of halogens is 2. The number of nitrogens with one attached hydrogen (secondary N) is 1. The molecule has 0 aliphatic carbocycles. The number of rotatable bonds is 5. The molecule has 0 aromatic heterocycles. The number of anilines is 1. The molecule has 1 amide bonds. The Labute approximate surface area is 129 Å². The van der Waals surface area contributed by atoms with Crippen molar-refractivity contribution in [2.45, 2.75) is 0 Å². The van der Waals surface area contributed by atoms with Crippen molar-refractivity contribution in [3.05, 3.63) is 22.7 Å². The molecule has 0 unspecified atom stereocenters. The molecule has 0 aliphatic rings. The van der Waals surface area contributed by atoms with Gasteiger partial charge in [-0.25, -0.2) is 8.42 Å². The summed E-state index contributed by atoms with van der Waals surface area (Å²) in [5.41, 5.74) is 6.10. The molecule has 20 heavy (non-hydrogen) atoms. The van der Waals surface area contributed by atoms with Crippen LogP contribution in [0.4, 0.5) is 5.69 Å². The van der Waals surface area contributed by atoms with Gasteiger partial charge in [-0.1, -0.05) is 11.6 Å². The summed E-state index contributed by atoms with van der Waals surface area (Å²) in [6, 6.07) is 2.82. The summed E-state index contributed by atoms with van der Waals surface area (Å²) < 4.78 is 26.9. The molecule has 0 atom stereocenters. The lowest BCUT2D eigenvalue weighted by atomic mass is 10.1. The molecule has 1 rings (SSSR count). The van der Waals surface area contributed by atoms with Gasteiger partial charge >= 0.3 is 0 Å². The number of carbonyl (C=O) groups is 1. The summed E-state index contributed by atoms with van der Waals surface area (Å²) in [7, 11) is -1.73. The minimum atomic E-state index is -3.12. The van der Waals surface area contributed by atoms with E-state index in [2.05, 4.69) is 5.32 Å². The first-order valence-electron chi connectivity index (χ1n) is 5.33. The fraction of sp³-hybridized carbons (Fsp3) is 0.364. The number of nitrogens with two attached hydrogens (primary N) is 1. The second kappa shape index (κ2) is 7.56. The minimum Gasteiger partial charge on any atom is -0.496 e. The van der Waals surface area contributed by atoms with E-state index in [0.717, 1.165) is 6.26 Å². The van der Waals surface area contributed by atoms with Crippen LogP contribution in [-0.4, -0.2) is 40.0 Å². The zero-order valence-electron chi connectivity index (χ0n) is 11.0. The van der Waals surface area contributed by atoms with Gasteiger partial charge < -0.3 is 15.8 Å². The molecular weight excluding hydrogens is 327 g/mol. The van der Waals surface area contributed by atoms with Gasteiger partial charge in [0.25, 0.3) is 5.91 Å². The Morgan fingerprint density at radius 1 is 1.45 bits per heavy atom. The number of amides is 1. The molecule has 0 bridgehead atoms. The number of carbonyl (C=O) groups excluding carboxylic acids is 1.